The molecule has 0 saturated carbocycles. The van der Waals surface area contributed by atoms with E-state index in [-0.39, 0.29) is 11.7 Å². The van der Waals surface area contributed by atoms with E-state index in [2.05, 4.69) is 10.3 Å². The molecule has 1 unspecified atom stereocenters. The highest BCUT2D eigenvalue weighted by Crippen LogP contribution is 2.40. The summed E-state index contributed by atoms with van der Waals surface area (Å²) in [7, 11) is 0. The quantitative estimate of drug-likeness (QED) is 0.366. The maximum Gasteiger partial charge on any atom is 0.242 e. The summed E-state index contributed by atoms with van der Waals surface area (Å²) in [5.41, 5.74) is 2.22. The summed E-state index contributed by atoms with van der Waals surface area (Å²) in [6.07, 6.45) is 0. The molecule has 0 radical (unpaired) electrons. The third-order valence-corrected chi connectivity index (χ3v) is 6.62. The van der Waals surface area contributed by atoms with Crippen LogP contribution in [0.4, 0.5) is 10.1 Å². The number of aromatic nitrogens is 1. The number of anilines is 1. The third-order valence-electron chi connectivity index (χ3n) is 4.00. The van der Waals surface area contributed by atoms with E-state index in [1.165, 1.54) is 35.2 Å². The first kappa shape index (κ1) is 18.9. The molecule has 1 N–H and O–H groups in total. The number of nitrogens with one attached hydrogen (secondary N) is 1. The van der Waals surface area contributed by atoms with Crippen molar-refractivity contribution >= 4 is 56.5 Å². The van der Waals surface area contributed by atoms with Gasteiger partial charge in [-0.2, -0.15) is 0 Å². The van der Waals surface area contributed by atoms with Crippen LogP contribution in [-0.4, -0.2) is 10.9 Å². The van der Waals surface area contributed by atoms with E-state index < -0.39 is 5.25 Å². The van der Waals surface area contributed by atoms with Gasteiger partial charge in [0.2, 0.25) is 5.91 Å². The van der Waals surface area contributed by atoms with E-state index in [1.54, 1.807) is 12.1 Å². The Balaban J connectivity index is 1.62. The highest BCUT2D eigenvalue weighted by atomic mass is 35.5. The molecule has 7 heteroatoms. The summed E-state index contributed by atoms with van der Waals surface area (Å²) in [5.74, 6) is -0.541. The number of thiazole rings is 1. The number of rotatable bonds is 5. The maximum absolute atomic E-state index is 13.1. The second-order valence-electron chi connectivity index (χ2n) is 6.00. The van der Waals surface area contributed by atoms with Crippen LogP contribution in [0.15, 0.2) is 77.1 Å². The molecule has 4 rings (SSSR count). The molecule has 0 spiro atoms. The minimum Gasteiger partial charge on any atom is -0.325 e. The average Bonchev–Trinajstić information content (AvgIpc) is 3.10. The van der Waals surface area contributed by atoms with Gasteiger partial charge in [0.1, 0.15) is 11.1 Å². The second kappa shape index (κ2) is 8.31. The van der Waals surface area contributed by atoms with Crippen LogP contribution in [0.25, 0.3) is 10.2 Å². The number of fused-ring (bicyclic) bond motifs is 1. The van der Waals surface area contributed by atoms with Crippen LogP contribution in [0.1, 0.15) is 10.8 Å². The molecule has 28 heavy (non-hydrogen) atoms. The number of benzene rings is 3. The summed E-state index contributed by atoms with van der Waals surface area (Å²) < 4.78 is 14.9. The Morgan fingerprint density at radius 1 is 1.07 bits per heavy atom. The minimum atomic E-state index is -0.498. The maximum atomic E-state index is 13.1. The van der Waals surface area contributed by atoms with Crippen LogP contribution in [0, 0.1) is 5.82 Å². The molecule has 1 amide bonds. The number of hydrogen-bond donors (Lipinski definition) is 1. The summed E-state index contributed by atoms with van der Waals surface area (Å²) >= 11 is 8.95. The topological polar surface area (TPSA) is 42.0 Å². The second-order valence-corrected chi connectivity index (χ2v) is 8.82. The van der Waals surface area contributed by atoms with Crippen molar-refractivity contribution in [2.45, 2.75) is 9.59 Å². The lowest BCUT2D eigenvalue weighted by molar-refractivity contribution is -0.115. The first-order valence-electron chi connectivity index (χ1n) is 8.42. The molecule has 140 valence electrons. The van der Waals surface area contributed by atoms with Gasteiger partial charge < -0.3 is 5.32 Å². The van der Waals surface area contributed by atoms with Gasteiger partial charge in [-0.3, -0.25) is 4.79 Å². The van der Waals surface area contributed by atoms with Crippen LogP contribution in [0.2, 0.25) is 5.02 Å². The standard InChI is InChI=1S/C21H14ClFN2OS2/c22-14-6-11-18-17(12-14)25-21(27-18)28-19(13-4-2-1-3-5-13)20(26)24-16-9-7-15(23)8-10-16/h1-12,19H,(H,24,26). The molecule has 3 aromatic carbocycles. The van der Waals surface area contributed by atoms with Crippen LogP contribution < -0.4 is 5.32 Å². The minimum absolute atomic E-state index is 0.194. The van der Waals surface area contributed by atoms with Gasteiger partial charge >= 0.3 is 0 Å². The van der Waals surface area contributed by atoms with Gasteiger partial charge in [-0.25, -0.2) is 9.37 Å². The highest BCUT2D eigenvalue weighted by Gasteiger charge is 2.24. The Morgan fingerprint density at radius 2 is 1.82 bits per heavy atom. The smallest absolute Gasteiger partial charge is 0.242 e. The van der Waals surface area contributed by atoms with Crippen LogP contribution >= 0.6 is 34.7 Å². The van der Waals surface area contributed by atoms with Gasteiger partial charge in [0, 0.05) is 10.7 Å². The predicted octanol–water partition coefficient (Wildman–Crippen LogP) is 6.56. The fourth-order valence-corrected chi connectivity index (χ4v) is 5.08. The van der Waals surface area contributed by atoms with Crippen LogP contribution in [-0.2, 0) is 4.79 Å². The Labute approximate surface area is 174 Å². The van der Waals surface area contributed by atoms with Gasteiger partial charge in [-0.15, -0.1) is 11.3 Å². The third kappa shape index (κ3) is 4.35. The van der Waals surface area contributed by atoms with E-state index in [0.29, 0.717) is 10.7 Å². The number of carbonyl (C=O) groups excluding carboxylic acids is 1. The monoisotopic (exact) mass is 428 g/mol. The van der Waals surface area contributed by atoms with Crippen molar-refractivity contribution in [3.05, 3.63) is 89.2 Å². The molecule has 4 aromatic rings. The SMILES string of the molecule is O=C(Nc1ccc(F)cc1)C(Sc1nc2cc(Cl)ccc2s1)c1ccccc1. The van der Waals surface area contributed by atoms with Crippen molar-refractivity contribution in [2.24, 2.45) is 0 Å². The summed E-state index contributed by atoms with van der Waals surface area (Å²) in [6, 6.07) is 20.8. The zero-order valence-corrected chi connectivity index (χ0v) is 16.8. The number of nitrogens with zero attached hydrogens (tertiary/aromatic N) is 1. The Kier molecular flexibility index (Phi) is 5.62. The lowest BCUT2D eigenvalue weighted by atomic mass is 10.1. The van der Waals surface area contributed by atoms with Gasteiger partial charge in [0.05, 0.1) is 10.2 Å². The fourth-order valence-electron chi connectivity index (χ4n) is 2.67. The van der Waals surface area contributed by atoms with E-state index in [9.17, 15) is 9.18 Å². The number of amides is 1. The van der Waals surface area contributed by atoms with E-state index in [4.69, 9.17) is 11.6 Å². The summed E-state index contributed by atoms with van der Waals surface area (Å²) in [5, 5.41) is 2.99. The lowest BCUT2D eigenvalue weighted by Crippen LogP contribution is -2.19. The summed E-state index contributed by atoms with van der Waals surface area (Å²) in [4.78, 5) is 17.6. The molecule has 0 saturated heterocycles. The van der Waals surface area contributed by atoms with E-state index >= 15 is 0 Å². The molecular formula is C21H14ClFN2OS2. The predicted molar refractivity (Wildman–Crippen MR) is 115 cm³/mol. The van der Waals surface area contributed by atoms with Crippen molar-refractivity contribution < 1.29 is 9.18 Å². The van der Waals surface area contributed by atoms with Gasteiger partial charge in [-0.1, -0.05) is 53.7 Å². The molecular weight excluding hydrogens is 415 g/mol. The van der Waals surface area contributed by atoms with Gasteiger partial charge in [0.25, 0.3) is 0 Å². The first-order chi connectivity index (χ1) is 13.6. The Hall–Kier alpha value is -2.41. The molecule has 0 aliphatic rings. The van der Waals surface area contributed by atoms with Crippen molar-refractivity contribution in [1.82, 2.24) is 4.98 Å². The van der Waals surface area contributed by atoms with Crippen molar-refractivity contribution in [1.29, 1.82) is 0 Å². The zero-order valence-electron chi connectivity index (χ0n) is 14.4. The first-order valence-corrected chi connectivity index (χ1v) is 10.5. The van der Waals surface area contributed by atoms with E-state index in [1.807, 2.05) is 48.5 Å². The van der Waals surface area contributed by atoms with Crippen molar-refractivity contribution in [3.63, 3.8) is 0 Å². The molecule has 0 fully saturated rings. The summed E-state index contributed by atoms with van der Waals surface area (Å²) in [6.45, 7) is 0. The van der Waals surface area contributed by atoms with Crippen LogP contribution in [0.3, 0.4) is 0 Å². The van der Waals surface area contributed by atoms with Crippen LogP contribution in [0.5, 0.6) is 0 Å². The van der Waals surface area contributed by atoms with Crippen molar-refractivity contribution in [2.75, 3.05) is 5.32 Å². The molecule has 0 aliphatic carbocycles. The molecule has 1 atom stereocenters. The lowest BCUT2D eigenvalue weighted by Gasteiger charge is -2.15. The highest BCUT2D eigenvalue weighted by molar-refractivity contribution is 8.02. The zero-order chi connectivity index (χ0) is 19.5. The molecule has 0 aliphatic heterocycles. The van der Waals surface area contributed by atoms with Gasteiger partial charge in [-0.05, 0) is 48.0 Å². The van der Waals surface area contributed by atoms with E-state index in [0.717, 1.165) is 20.1 Å². The molecule has 1 aromatic heterocycles. The normalized spacial score (nSPS) is 12.1. The molecule has 1 heterocycles. The Bertz CT molecular complexity index is 1120. The molecule has 0 bridgehead atoms. The van der Waals surface area contributed by atoms with Crippen molar-refractivity contribution in [3.8, 4) is 0 Å². The molecule has 3 nitrogen and oxygen atoms in total. The largest absolute Gasteiger partial charge is 0.325 e. The number of halogens is 2. The van der Waals surface area contributed by atoms with Gasteiger partial charge in [0.15, 0.2) is 4.34 Å². The average molecular weight is 429 g/mol. The number of thioether (sulfide) groups is 1. The number of carbonyl (C=O) groups is 1. The Morgan fingerprint density at radius 3 is 2.57 bits per heavy atom. The number of hydrogen-bond acceptors (Lipinski definition) is 4. The fraction of sp³-hybridized carbons (Fsp3) is 0.0476.